The number of rotatable bonds is 5. The molecule has 0 fully saturated rings. The second kappa shape index (κ2) is 5.18. The van der Waals surface area contributed by atoms with E-state index in [2.05, 4.69) is 0 Å². The molecule has 0 aliphatic carbocycles. The zero-order valence-corrected chi connectivity index (χ0v) is 7.43. The van der Waals surface area contributed by atoms with Crippen LogP contribution in [0.5, 0.6) is 0 Å². The summed E-state index contributed by atoms with van der Waals surface area (Å²) in [6.07, 6.45) is 0. The highest BCUT2D eigenvalue weighted by atomic mass is 16.4. The van der Waals surface area contributed by atoms with E-state index >= 15 is 0 Å². The predicted octanol–water partition coefficient (Wildman–Crippen LogP) is -1.73. The van der Waals surface area contributed by atoms with Crippen molar-refractivity contribution in [3.63, 3.8) is 0 Å². The van der Waals surface area contributed by atoms with Crippen molar-refractivity contribution in [2.24, 2.45) is 5.92 Å². The summed E-state index contributed by atoms with van der Waals surface area (Å²) in [4.78, 5) is 31.6. The van der Waals surface area contributed by atoms with E-state index < -0.39 is 36.4 Å². The number of aliphatic hydroxyl groups excluding tert-OH is 1. The van der Waals surface area contributed by atoms with Crippen LogP contribution in [0.15, 0.2) is 0 Å². The molecule has 0 saturated heterocycles. The highest BCUT2D eigenvalue weighted by molar-refractivity contribution is 5.88. The van der Waals surface area contributed by atoms with Crippen LogP contribution in [0, 0.1) is 5.92 Å². The van der Waals surface area contributed by atoms with E-state index in [1.165, 1.54) is 0 Å². The summed E-state index contributed by atoms with van der Waals surface area (Å²) in [5.74, 6) is -4.98. The SMILES string of the molecule is CC(C(=O)O)C(NC(=O)CO)C(=O)O. The Labute approximate surface area is 79.3 Å². The van der Waals surface area contributed by atoms with Crippen molar-refractivity contribution in [2.75, 3.05) is 6.61 Å². The van der Waals surface area contributed by atoms with Crippen LogP contribution in [0.4, 0.5) is 0 Å². The first kappa shape index (κ1) is 12.4. The largest absolute Gasteiger partial charge is 0.481 e. The van der Waals surface area contributed by atoms with Crippen LogP contribution in [0.1, 0.15) is 6.92 Å². The fourth-order valence-corrected chi connectivity index (χ4v) is 0.762. The van der Waals surface area contributed by atoms with Crippen molar-refractivity contribution in [3.8, 4) is 0 Å². The number of hydrogen-bond acceptors (Lipinski definition) is 4. The lowest BCUT2D eigenvalue weighted by Gasteiger charge is -2.17. The minimum Gasteiger partial charge on any atom is -0.481 e. The molecule has 0 saturated carbocycles. The number of carbonyl (C=O) groups excluding carboxylic acids is 1. The molecular formula is C7H11NO6. The van der Waals surface area contributed by atoms with Gasteiger partial charge in [0.1, 0.15) is 12.6 Å². The highest BCUT2D eigenvalue weighted by Crippen LogP contribution is 2.03. The fraction of sp³-hybridized carbons (Fsp3) is 0.571. The predicted molar refractivity (Wildman–Crippen MR) is 43.5 cm³/mol. The Hall–Kier alpha value is -1.63. The van der Waals surface area contributed by atoms with Crippen molar-refractivity contribution in [1.82, 2.24) is 5.32 Å². The van der Waals surface area contributed by atoms with Gasteiger partial charge in [-0.1, -0.05) is 0 Å². The van der Waals surface area contributed by atoms with Gasteiger partial charge in [0.15, 0.2) is 0 Å². The van der Waals surface area contributed by atoms with Crippen LogP contribution >= 0.6 is 0 Å². The van der Waals surface area contributed by atoms with E-state index in [-0.39, 0.29) is 0 Å². The Morgan fingerprint density at radius 1 is 1.21 bits per heavy atom. The molecule has 7 nitrogen and oxygen atoms in total. The Bertz CT molecular complexity index is 251. The lowest BCUT2D eigenvalue weighted by molar-refractivity contribution is -0.151. The van der Waals surface area contributed by atoms with Gasteiger partial charge in [-0.05, 0) is 6.92 Å². The first-order chi connectivity index (χ1) is 6.40. The molecule has 0 radical (unpaired) electrons. The van der Waals surface area contributed by atoms with E-state index in [1.807, 2.05) is 5.32 Å². The maximum absolute atomic E-state index is 10.6. The van der Waals surface area contributed by atoms with Crippen LogP contribution < -0.4 is 5.32 Å². The molecule has 0 spiro atoms. The van der Waals surface area contributed by atoms with Crippen molar-refractivity contribution >= 4 is 17.8 Å². The van der Waals surface area contributed by atoms with Crippen LogP contribution in [0.2, 0.25) is 0 Å². The zero-order valence-electron chi connectivity index (χ0n) is 7.43. The van der Waals surface area contributed by atoms with Gasteiger partial charge in [0, 0.05) is 0 Å². The normalized spacial score (nSPS) is 14.1. The first-order valence-electron chi connectivity index (χ1n) is 3.76. The van der Waals surface area contributed by atoms with Gasteiger partial charge in [0.05, 0.1) is 5.92 Å². The van der Waals surface area contributed by atoms with E-state index in [9.17, 15) is 14.4 Å². The van der Waals surface area contributed by atoms with Crippen LogP contribution in [-0.4, -0.2) is 45.8 Å². The number of aliphatic carboxylic acids is 2. The molecule has 14 heavy (non-hydrogen) atoms. The van der Waals surface area contributed by atoms with Gasteiger partial charge >= 0.3 is 11.9 Å². The molecule has 80 valence electrons. The fourth-order valence-electron chi connectivity index (χ4n) is 0.762. The third kappa shape index (κ3) is 3.40. The summed E-state index contributed by atoms with van der Waals surface area (Å²) < 4.78 is 0. The average Bonchev–Trinajstić information content (AvgIpc) is 2.11. The smallest absolute Gasteiger partial charge is 0.327 e. The monoisotopic (exact) mass is 205 g/mol. The molecule has 2 atom stereocenters. The molecule has 1 amide bonds. The van der Waals surface area contributed by atoms with Crippen LogP contribution in [-0.2, 0) is 14.4 Å². The summed E-state index contributed by atoms with van der Waals surface area (Å²) >= 11 is 0. The Morgan fingerprint density at radius 2 is 1.71 bits per heavy atom. The highest BCUT2D eigenvalue weighted by Gasteiger charge is 2.30. The zero-order chi connectivity index (χ0) is 11.3. The van der Waals surface area contributed by atoms with Crippen molar-refractivity contribution in [2.45, 2.75) is 13.0 Å². The van der Waals surface area contributed by atoms with E-state index in [1.54, 1.807) is 0 Å². The van der Waals surface area contributed by atoms with Crippen LogP contribution in [0.3, 0.4) is 0 Å². The molecule has 0 aromatic heterocycles. The summed E-state index contributed by atoms with van der Waals surface area (Å²) in [5, 5.41) is 27.3. The molecular weight excluding hydrogens is 194 g/mol. The standard InChI is InChI=1S/C7H11NO6/c1-3(6(11)12)5(7(13)14)8-4(10)2-9/h3,5,9H,2H2,1H3,(H,8,10)(H,11,12)(H,13,14). The number of nitrogens with one attached hydrogen (secondary N) is 1. The van der Waals surface area contributed by atoms with E-state index in [0.29, 0.717) is 0 Å². The lowest BCUT2D eigenvalue weighted by Crippen LogP contribution is -2.48. The molecule has 0 heterocycles. The Balaban J connectivity index is 4.52. The van der Waals surface area contributed by atoms with Crippen molar-refractivity contribution < 1.29 is 29.7 Å². The second-order valence-corrected chi connectivity index (χ2v) is 2.67. The topological polar surface area (TPSA) is 124 Å². The van der Waals surface area contributed by atoms with E-state index in [4.69, 9.17) is 15.3 Å². The number of amides is 1. The molecule has 2 unspecified atom stereocenters. The maximum Gasteiger partial charge on any atom is 0.327 e. The summed E-state index contributed by atoms with van der Waals surface area (Å²) in [6, 6.07) is -1.54. The molecule has 7 heteroatoms. The maximum atomic E-state index is 10.6. The second-order valence-electron chi connectivity index (χ2n) is 2.67. The molecule has 4 N–H and O–H groups in total. The molecule has 0 rings (SSSR count). The first-order valence-corrected chi connectivity index (χ1v) is 3.76. The van der Waals surface area contributed by atoms with Gasteiger partial charge < -0.3 is 20.6 Å². The van der Waals surface area contributed by atoms with E-state index in [0.717, 1.165) is 6.92 Å². The summed E-state index contributed by atoms with van der Waals surface area (Å²) in [5.41, 5.74) is 0. The van der Waals surface area contributed by atoms with Gasteiger partial charge in [-0.2, -0.15) is 0 Å². The average molecular weight is 205 g/mol. The van der Waals surface area contributed by atoms with Gasteiger partial charge in [-0.3, -0.25) is 9.59 Å². The molecule has 0 aliphatic rings. The van der Waals surface area contributed by atoms with Gasteiger partial charge in [-0.25, -0.2) is 4.79 Å². The third-order valence-corrected chi connectivity index (χ3v) is 1.62. The number of carboxylic acid groups (broad SMARTS) is 2. The Kier molecular flexibility index (Phi) is 4.57. The molecule has 0 aromatic rings. The minimum atomic E-state index is -1.54. The number of aliphatic hydroxyl groups is 1. The third-order valence-electron chi connectivity index (χ3n) is 1.62. The van der Waals surface area contributed by atoms with Gasteiger partial charge in [0.25, 0.3) is 0 Å². The van der Waals surface area contributed by atoms with Gasteiger partial charge in [0.2, 0.25) is 5.91 Å². The number of carboxylic acids is 2. The van der Waals surface area contributed by atoms with Gasteiger partial charge in [-0.15, -0.1) is 0 Å². The number of carbonyl (C=O) groups is 3. The molecule has 0 aromatic carbocycles. The number of hydrogen-bond donors (Lipinski definition) is 4. The summed E-state index contributed by atoms with van der Waals surface area (Å²) in [6.45, 7) is 0.273. The van der Waals surface area contributed by atoms with Crippen LogP contribution in [0.25, 0.3) is 0 Å². The molecule has 0 bridgehead atoms. The van der Waals surface area contributed by atoms with Crippen molar-refractivity contribution in [3.05, 3.63) is 0 Å². The molecule has 0 aliphatic heterocycles. The van der Waals surface area contributed by atoms with Crippen molar-refractivity contribution in [1.29, 1.82) is 0 Å². The lowest BCUT2D eigenvalue weighted by atomic mass is 10.0. The minimum absolute atomic E-state index is 0.879. The quantitative estimate of drug-likeness (QED) is 0.422. The Morgan fingerprint density at radius 3 is 2.00 bits per heavy atom. The summed E-state index contributed by atoms with van der Waals surface area (Å²) in [7, 11) is 0.